The Bertz CT molecular complexity index is 666. The molecule has 2 amide bonds. The number of carbonyl (C=O) groups excluding carboxylic acids is 2. The first kappa shape index (κ1) is 17.9. The van der Waals surface area contributed by atoms with E-state index < -0.39 is 6.10 Å². The van der Waals surface area contributed by atoms with Crippen LogP contribution in [-0.4, -0.2) is 47.6 Å². The van der Waals surface area contributed by atoms with E-state index in [0.717, 1.165) is 11.1 Å². The Labute approximate surface area is 148 Å². The van der Waals surface area contributed by atoms with Gasteiger partial charge in [0.25, 0.3) is 0 Å². The number of aliphatic hydroxyl groups excluding tert-OH is 1. The maximum Gasteiger partial charge on any atom is 0.241 e. The third-order valence-corrected chi connectivity index (χ3v) is 5.71. The summed E-state index contributed by atoms with van der Waals surface area (Å²) >= 11 is 0. The minimum absolute atomic E-state index is 0.0304. The molecule has 3 rings (SSSR count). The summed E-state index contributed by atoms with van der Waals surface area (Å²) in [4.78, 5) is 25.7. The summed E-state index contributed by atoms with van der Waals surface area (Å²) in [5.74, 6) is -0.328. The standard InChI is InChI=1S/C19H27N3O3/c1-12(2)18(25)21-11-15(23)22-9-7-19(8-10-22)14-6-4-3-5-13(14)16(20)17(19)24/h3-6,12,16-17,24H,7-11,20H2,1-2H3,(H,21,25)/t16-,17+/m1/s1. The predicted molar refractivity (Wildman–Crippen MR) is 94.7 cm³/mol. The number of hydrogen-bond donors (Lipinski definition) is 3. The molecule has 0 saturated carbocycles. The molecule has 6 heteroatoms. The van der Waals surface area contributed by atoms with Crippen LogP contribution in [0.15, 0.2) is 24.3 Å². The molecular formula is C19H27N3O3. The van der Waals surface area contributed by atoms with E-state index in [2.05, 4.69) is 5.32 Å². The monoisotopic (exact) mass is 345 g/mol. The molecule has 1 heterocycles. The molecule has 1 aromatic rings. The number of fused-ring (bicyclic) bond motifs is 2. The lowest BCUT2D eigenvalue weighted by Crippen LogP contribution is -2.52. The van der Waals surface area contributed by atoms with Crippen molar-refractivity contribution in [3.63, 3.8) is 0 Å². The van der Waals surface area contributed by atoms with Crippen LogP contribution in [-0.2, 0) is 15.0 Å². The third-order valence-electron chi connectivity index (χ3n) is 5.71. The number of nitrogens with two attached hydrogens (primary N) is 1. The van der Waals surface area contributed by atoms with E-state index in [4.69, 9.17) is 5.73 Å². The van der Waals surface area contributed by atoms with Gasteiger partial charge in [0, 0.05) is 24.4 Å². The van der Waals surface area contributed by atoms with Crippen molar-refractivity contribution in [2.45, 2.75) is 44.2 Å². The quantitative estimate of drug-likeness (QED) is 0.751. The zero-order chi connectivity index (χ0) is 18.2. The molecule has 0 bridgehead atoms. The molecular weight excluding hydrogens is 318 g/mol. The van der Waals surface area contributed by atoms with Crippen molar-refractivity contribution in [1.82, 2.24) is 10.2 Å². The molecule has 0 radical (unpaired) electrons. The van der Waals surface area contributed by atoms with Gasteiger partial charge in [0.1, 0.15) is 0 Å². The first-order valence-corrected chi connectivity index (χ1v) is 8.95. The van der Waals surface area contributed by atoms with Crippen LogP contribution >= 0.6 is 0 Å². The molecule has 2 aliphatic rings. The molecule has 0 unspecified atom stereocenters. The van der Waals surface area contributed by atoms with Gasteiger partial charge in [0.15, 0.2) is 0 Å². The summed E-state index contributed by atoms with van der Waals surface area (Å²) in [5, 5.41) is 13.4. The van der Waals surface area contributed by atoms with Crippen molar-refractivity contribution in [3.8, 4) is 0 Å². The molecule has 1 saturated heterocycles. The molecule has 1 aliphatic heterocycles. The fourth-order valence-electron chi connectivity index (χ4n) is 4.11. The Morgan fingerprint density at radius 3 is 2.60 bits per heavy atom. The number of rotatable bonds is 3. The summed E-state index contributed by atoms with van der Waals surface area (Å²) in [5.41, 5.74) is 7.99. The maximum absolute atomic E-state index is 12.3. The van der Waals surface area contributed by atoms with Gasteiger partial charge in [-0.25, -0.2) is 0 Å². The van der Waals surface area contributed by atoms with Crippen molar-refractivity contribution in [1.29, 1.82) is 0 Å². The highest BCUT2D eigenvalue weighted by atomic mass is 16.3. The highest BCUT2D eigenvalue weighted by Crippen LogP contribution is 2.49. The summed E-state index contributed by atoms with van der Waals surface area (Å²) in [6.07, 6.45) is 0.744. The zero-order valence-corrected chi connectivity index (χ0v) is 14.9. The number of amides is 2. The Kier molecular flexibility index (Phi) is 4.84. The number of piperidine rings is 1. The second kappa shape index (κ2) is 6.77. The largest absolute Gasteiger partial charge is 0.390 e. The number of nitrogens with zero attached hydrogens (tertiary/aromatic N) is 1. The molecule has 25 heavy (non-hydrogen) atoms. The van der Waals surface area contributed by atoms with Gasteiger partial charge in [-0.3, -0.25) is 9.59 Å². The molecule has 6 nitrogen and oxygen atoms in total. The van der Waals surface area contributed by atoms with Gasteiger partial charge < -0.3 is 21.1 Å². The summed E-state index contributed by atoms with van der Waals surface area (Å²) in [7, 11) is 0. The lowest BCUT2D eigenvalue weighted by atomic mass is 9.72. The van der Waals surface area contributed by atoms with Gasteiger partial charge in [-0.05, 0) is 24.0 Å². The highest BCUT2D eigenvalue weighted by molar-refractivity contribution is 5.85. The first-order chi connectivity index (χ1) is 11.9. The molecule has 136 valence electrons. The van der Waals surface area contributed by atoms with E-state index in [9.17, 15) is 14.7 Å². The Balaban J connectivity index is 1.66. The van der Waals surface area contributed by atoms with Gasteiger partial charge in [-0.1, -0.05) is 38.1 Å². The van der Waals surface area contributed by atoms with Gasteiger partial charge >= 0.3 is 0 Å². The lowest BCUT2D eigenvalue weighted by molar-refractivity contribution is -0.135. The van der Waals surface area contributed by atoms with Crippen LogP contribution < -0.4 is 11.1 Å². The van der Waals surface area contributed by atoms with Crippen LogP contribution in [0.4, 0.5) is 0 Å². The van der Waals surface area contributed by atoms with E-state index in [1.807, 2.05) is 24.3 Å². The van der Waals surface area contributed by atoms with Gasteiger partial charge in [-0.2, -0.15) is 0 Å². The summed E-state index contributed by atoms with van der Waals surface area (Å²) < 4.78 is 0. The van der Waals surface area contributed by atoms with E-state index in [1.165, 1.54) is 0 Å². The Morgan fingerprint density at radius 2 is 1.96 bits per heavy atom. The number of likely N-dealkylation sites (tertiary alicyclic amines) is 1. The molecule has 2 atom stereocenters. The van der Waals surface area contributed by atoms with Crippen LogP contribution in [0.2, 0.25) is 0 Å². The van der Waals surface area contributed by atoms with Gasteiger partial charge in [0.2, 0.25) is 11.8 Å². The Hall–Kier alpha value is -1.92. The first-order valence-electron chi connectivity index (χ1n) is 8.95. The van der Waals surface area contributed by atoms with Crippen LogP contribution in [0.5, 0.6) is 0 Å². The van der Waals surface area contributed by atoms with Crippen LogP contribution in [0.1, 0.15) is 43.9 Å². The van der Waals surface area contributed by atoms with Crippen molar-refractivity contribution >= 4 is 11.8 Å². The van der Waals surface area contributed by atoms with Gasteiger partial charge in [-0.15, -0.1) is 0 Å². The van der Waals surface area contributed by atoms with E-state index in [1.54, 1.807) is 18.7 Å². The van der Waals surface area contributed by atoms with Crippen LogP contribution in [0, 0.1) is 5.92 Å². The van der Waals surface area contributed by atoms with Crippen molar-refractivity contribution in [3.05, 3.63) is 35.4 Å². The number of aliphatic hydroxyl groups is 1. The fraction of sp³-hybridized carbons (Fsp3) is 0.579. The number of nitrogens with one attached hydrogen (secondary N) is 1. The van der Waals surface area contributed by atoms with E-state index in [0.29, 0.717) is 25.9 Å². The minimum Gasteiger partial charge on any atom is -0.390 e. The normalized spacial score (nSPS) is 24.4. The average molecular weight is 345 g/mol. The SMILES string of the molecule is CC(C)C(=O)NCC(=O)N1CCC2(CC1)c1ccccc1[C@@H](N)[C@@H]2O. The zero-order valence-electron chi connectivity index (χ0n) is 14.9. The fourth-order valence-corrected chi connectivity index (χ4v) is 4.11. The van der Waals surface area contributed by atoms with Gasteiger partial charge in [0.05, 0.1) is 18.7 Å². The van der Waals surface area contributed by atoms with Crippen molar-refractivity contribution in [2.75, 3.05) is 19.6 Å². The van der Waals surface area contributed by atoms with Crippen LogP contribution in [0.3, 0.4) is 0 Å². The highest BCUT2D eigenvalue weighted by Gasteiger charge is 2.51. The molecule has 4 N–H and O–H groups in total. The minimum atomic E-state index is -0.622. The van der Waals surface area contributed by atoms with E-state index >= 15 is 0 Å². The van der Waals surface area contributed by atoms with E-state index in [-0.39, 0.29) is 35.7 Å². The van der Waals surface area contributed by atoms with Crippen LogP contribution in [0.25, 0.3) is 0 Å². The molecule has 1 fully saturated rings. The molecule has 1 spiro atoms. The summed E-state index contributed by atoms with van der Waals surface area (Å²) in [6.45, 7) is 4.75. The molecule has 0 aromatic heterocycles. The number of carbonyl (C=O) groups is 2. The summed E-state index contributed by atoms with van der Waals surface area (Å²) in [6, 6.07) is 7.58. The second-order valence-corrected chi connectivity index (χ2v) is 7.47. The second-order valence-electron chi connectivity index (χ2n) is 7.47. The predicted octanol–water partition coefficient (Wildman–Crippen LogP) is 0.693. The average Bonchev–Trinajstić information content (AvgIpc) is 2.83. The maximum atomic E-state index is 12.3. The van der Waals surface area contributed by atoms with Crippen molar-refractivity contribution < 1.29 is 14.7 Å². The number of benzene rings is 1. The molecule has 1 aliphatic carbocycles. The smallest absolute Gasteiger partial charge is 0.241 e. The van der Waals surface area contributed by atoms with Crippen molar-refractivity contribution in [2.24, 2.45) is 11.7 Å². The lowest BCUT2D eigenvalue weighted by Gasteiger charge is -2.42. The Morgan fingerprint density at radius 1 is 1.32 bits per heavy atom. The molecule has 1 aromatic carbocycles. The third kappa shape index (κ3) is 3.04. The topological polar surface area (TPSA) is 95.7 Å². The number of hydrogen-bond acceptors (Lipinski definition) is 4.